The Morgan fingerprint density at radius 1 is 1.12 bits per heavy atom. The fourth-order valence-corrected chi connectivity index (χ4v) is 2.38. The van der Waals surface area contributed by atoms with Crippen molar-refractivity contribution in [3.05, 3.63) is 70.8 Å². The predicted molar refractivity (Wildman–Crippen MR) is 86.1 cm³/mol. The maximum atomic E-state index is 12.7. The van der Waals surface area contributed by atoms with E-state index >= 15 is 0 Å². The maximum absolute atomic E-state index is 12.7. The summed E-state index contributed by atoms with van der Waals surface area (Å²) in [4.78, 5) is 28.0. The Morgan fingerprint density at radius 3 is 2.68 bits per heavy atom. The van der Waals surface area contributed by atoms with Gasteiger partial charge in [-0.25, -0.2) is 0 Å². The van der Waals surface area contributed by atoms with Gasteiger partial charge in [0.25, 0.3) is 5.56 Å². The van der Waals surface area contributed by atoms with Gasteiger partial charge in [0.1, 0.15) is 6.54 Å². The van der Waals surface area contributed by atoms with E-state index in [2.05, 4.69) is 10.3 Å². The molecule has 0 aliphatic rings. The first-order valence-electron chi connectivity index (χ1n) is 7.26. The van der Waals surface area contributed by atoms with Gasteiger partial charge in [0.15, 0.2) is 0 Å². The zero-order valence-electron chi connectivity index (χ0n) is 12.7. The van der Waals surface area contributed by atoms with Gasteiger partial charge < -0.3 is 9.88 Å². The monoisotopic (exact) mass is 347 g/mol. The minimum absolute atomic E-state index is 0.468. The average Bonchev–Trinajstić information content (AvgIpc) is 2.56. The van der Waals surface area contributed by atoms with Gasteiger partial charge in [-0.05, 0) is 30.3 Å². The Balaban J connectivity index is 1.84. The van der Waals surface area contributed by atoms with Crippen molar-refractivity contribution in [2.45, 2.75) is 12.7 Å². The van der Waals surface area contributed by atoms with E-state index in [-0.39, 0.29) is 0 Å². The lowest BCUT2D eigenvalue weighted by atomic mass is 10.2. The van der Waals surface area contributed by atoms with Crippen molar-refractivity contribution in [3.8, 4) is 0 Å². The third kappa shape index (κ3) is 3.68. The largest absolute Gasteiger partial charge is 0.417 e. The molecule has 1 amide bonds. The summed E-state index contributed by atoms with van der Waals surface area (Å²) < 4.78 is 38.9. The van der Waals surface area contributed by atoms with Crippen LogP contribution in [0.4, 0.5) is 18.9 Å². The van der Waals surface area contributed by atoms with E-state index in [0.29, 0.717) is 28.9 Å². The molecular weight excluding hydrogens is 335 g/mol. The van der Waals surface area contributed by atoms with Crippen LogP contribution < -0.4 is 10.9 Å². The molecule has 2 heterocycles. The van der Waals surface area contributed by atoms with Crippen LogP contribution in [-0.4, -0.2) is 15.5 Å². The van der Waals surface area contributed by atoms with Crippen molar-refractivity contribution in [3.63, 3.8) is 0 Å². The van der Waals surface area contributed by atoms with Crippen LogP contribution in [0, 0.1) is 0 Å². The number of anilines is 1. The molecule has 0 atom stereocenters. The van der Waals surface area contributed by atoms with E-state index in [1.165, 1.54) is 0 Å². The lowest BCUT2D eigenvalue weighted by molar-refractivity contribution is -0.138. The molecular formula is C17H12F3N3O2. The molecule has 2 aromatic heterocycles. The van der Waals surface area contributed by atoms with Gasteiger partial charge >= 0.3 is 6.18 Å². The van der Waals surface area contributed by atoms with Crippen molar-refractivity contribution < 1.29 is 18.0 Å². The van der Waals surface area contributed by atoms with Crippen molar-refractivity contribution in [2.75, 3.05) is 5.32 Å². The highest BCUT2D eigenvalue weighted by Crippen LogP contribution is 2.28. The highest BCUT2D eigenvalue weighted by molar-refractivity contribution is 6.00. The van der Waals surface area contributed by atoms with Gasteiger partial charge in [-0.15, -0.1) is 0 Å². The highest BCUT2D eigenvalue weighted by Gasteiger charge is 2.31. The zero-order chi connectivity index (χ0) is 18.0. The quantitative estimate of drug-likeness (QED) is 0.792. The summed E-state index contributed by atoms with van der Waals surface area (Å²) >= 11 is 0. The third-order valence-electron chi connectivity index (χ3n) is 3.54. The second-order valence-electron chi connectivity index (χ2n) is 5.31. The highest BCUT2D eigenvalue weighted by atomic mass is 19.4. The molecule has 8 heteroatoms. The molecule has 0 spiro atoms. The van der Waals surface area contributed by atoms with Crippen LogP contribution in [0.2, 0.25) is 0 Å². The number of fused-ring (bicyclic) bond motifs is 1. The number of nitrogens with one attached hydrogen (secondary N) is 1. The molecule has 0 aliphatic carbocycles. The number of benzene rings is 1. The molecule has 25 heavy (non-hydrogen) atoms. The number of aromatic nitrogens is 2. The first-order chi connectivity index (χ1) is 11.8. The van der Waals surface area contributed by atoms with Gasteiger partial charge in [0, 0.05) is 23.8 Å². The Hall–Kier alpha value is -3.16. The lowest BCUT2D eigenvalue weighted by Crippen LogP contribution is -2.28. The predicted octanol–water partition coefficient (Wildman–Crippen LogP) is 3.05. The van der Waals surface area contributed by atoms with Crippen molar-refractivity contribution >= 4 is 22.5 Å². The Labute approximate surface area is 139 Å². The van der Waals surface area contributed by atoms with Gasteiger partial charge in [-0.1, -0.05) is 6.07 Å². The first-order valence-corrected chi connectivity index (χ1v) is 7.26. The lowest BCUT2D eigenvalue weighted by Gasteiger charge is -2.12. The minimum Gasteiger partial charge on any atom is -0.324 e. The molecule has 0 unspecified atom stereocenters. The molecule has 0 fully saturated rings. The van der Waals surface area contributed by atoms with Gasteiger partial charge in [-0.2, -0.15) is 13.2 Å². The summed E-state index contributed by atoms with van der Waals surface area (Å²) in [6.07, 6.45) is -2.35. The number of alkyl halides is 3. The van der Waals surface area contributed by atoms with Crippen LogP contribution >= 0.6 is 0 Å². The van der Waals surface area contributed by atoms with Crippen LogP contribution in [0.15, 0.2) is 59.7 Å². The molecule has 0 saturated heterocycles. The number of pyridine rings is 2. The number of nitrogens with zero attached hydrogens (tertiary/aromatic N) is 2. The molecule has 1 N–H and O–H groups in total. The SMILES string of the molecule is O=C(Cn1cc(C(F)(F)F)ccc1=O)Nc1cccc2ncccc12. The van der Waals surface area contributed by atoms with Crippen molar-refractivity contribution in [2.24, 2.45) is 0 Å². The molecule has 0 aliphatic heterocycles. The number of hydrogen-bond acceptors (Lipinski definition) is 3. The molecule has 5 nitrogen and oxygen atoms in total. The van der Waals surface area contributed by atoms with Gasteiger partial charge in [0.2, 0.25) is 5.91 Å². The van der Waals surface area contributed by atoms with E-state index in [9.17, 15) is 22.8 Å². The van der Waals surface area contributed by atoms with Crippen LogP contribution in [0.1, 0.15) is 5.56 Å². The van der Waals surface area contributed by atoms with Crippen LogP contribution in [0.3, 0.4) is 0 Å². The minimum atomic E-state index is -4.59. The summed E-state index contributed by atoms with van der Waals surface area (Å²) in [5.41, 5.74) is -0.552. The van der Waals surface area contributed by atoms with Crippen molar-refractivity contribution in [1.29, 1.82) is 0 Å². The van der Waals surface area contributed by atoms with E-state index < -0.39 is 29.8 Å². The van der Waals surface area contributed by atoms with E-state index in [1.54, 1.807) is 36.5 Å². The Kier molecular flexibility index (Phi) is 4.26. The normalized spacial score (nSPS) is 11.5. The molecule has 0 bridgehead atoms. The summed E-state index contributed by atoms with van der Waals surface area (Å²) in [6, 6.07) is 10.1. The fourth-order valence-electron chi connectivity index (χ4n) is 2.38. The molecule has 3 rings (SSSR count). The molecule has 1 aromatic carbocycles. The third-order valence-corrected chi connectivity index (χ3v) is 3.54. The number of halogens is 3. The fraction of sp³-hybridized carbons (Fsp3) is 0.118. The topological polar surface area (TPSA) is 64.0 Å². The van der Waals surface area contributed by atoms with Crippen LogP contribution in [0.5, 0.6) is 0 Å². The number of rotatable bonds is 3. The number of amides is 1. The summed E-state index contributed by atoms with van der Waals surface area (Å²) in [5, 5.41) is 3.29. The zero-order valence-corrected chi connectivity index (χ0v) is 12.7. The van der Waals surface area contributed by atoms with Gasteiger partial charge in [0.05, 0.1) is 16.8 Å². The molecule has 3 aromatic rings. The standard InChI is InChI=1S/C17H12F3N3O2/c18-17(19,20)11-6-7-16(25)23(9-11)10-15(24)22-14-5-1-4-13-12(14)3-2-8-21-13/h1-9H,10H2,(H,22,24). The second kappa shape index (κ2) is 6.39. The molecule has 0 saturated carbocycles. The summed E-state index contributed by atoms with van der Waals surface area (Å²) in [7, 11) is 0. The number of hydrogen-bond donors (Lipinski definition) is 1. The van der Waals surface area contributed by atoms with E-state index in [1.807, 2.05) is 0 Å². The molecule has 128 valence electrons. The number of carbonyl (C=O) groups excluding carboxylic acids is 1. The number of carbonyl (C=O) groups is 1. The first kappa shape index (κ1) is 16.7. The van der Waals surface area contributed by atoms with Crippen molar-refractivity contribution in [1.82, 2.24) is 9.55 Å². The molecule has 0 radical (unpaired) electrons. The summed E-state index contributed by atoms with van der Waals surface area (Å²) in [5.74, 6) is -0.613. The average molecular weight is 347 g/mol. The van der Waals surface area contributed by atoms with Crippen LogP contribution in [0.25, 0.3) is 10.9 Å². The van der Waals surface area contributed by atoms with E-state index in [4.69, 9.17) is 0 Å². The van der Waals surface area contributed by atoms with Gasteiger partial charge in [-0.3, -0.25) is 14.6 Å². The Morgan fingerprint density at radius 2 is 1.92 bits per heavy atom. The summed E-state index contributed by atoms with van der Waals surface area (Å²) in [6.45, 7) is -0.528. The smallest absolute Gasteiger partial charge is 0.324 e. The maximum Gasteiger partial charge on any atom is 0.417 e. The Bertz CT molecular complexity index is 991. The van der Waals surface area contributed by atoms with E-state index in [0.717, 1.165) is 10.6 Å². The van der Waals surface area contributed by atoms with Crippen LogP contribution in [-0.2, 0) is 17.5 Å². The second-order valence-corrected chi connectivity index (χ2v) is 5.31.